The van der Waals surface area contributed by atoms with Crippen molar-refractivity contribution in [3.8, 4) is 0 Å². The number of hydrogen-bond donors (Lipinski definition) is 1. The first-order valence-electron chi connectivity index (χ1n) is 9.32. The molecule has 1 amide bonds. The summed E-state index contributed by atoms with van der Waals surface area (Å²) in [5.74, 6) is 0.200. The van der Waals surface area contributed by atoms with Gasteiger partial charge in [-0.2, -0.15) is 4.98 Å². The van der Waals surface area contributed by atoms with Crippen LogP contribution in [0.15, 0.2) is 4.79 Å². The van der Waals surface area contributed by atoms with E-state index in [1.54, 1.807) is 7.11 Å². The third-order valence-electron chi connectivity index (χ3n) is 6.11. The Morgan fingerprint density at radius 2 is 2.12 bits per heavy atom. The van der Waals surface area contributed by atoms with E-state index in [-0.39, 0.29) is 23.1 Å². The fourth-order valence-electron chi connectivity index (χ4n) is 4.83. The molecule has 1 spiro atoms. The summed E-state index contributed by atoms with van der Waals surface area (Å²) in [5, 5.41) is 0. The predicted molar refractivity (Wildman–Crippen MR) is 95.5 cm³/mol. The number of ether oxygens (including phenoxy) is 1. The molecule has 0 bridgehead atoms. The predicted octanol–water partition coefficient (Wildman–Crippen LogP) is 2.13. The van der Waals surface area contributed by atoms with E-state index in [9.17, 15) is 9.59 Å². The molecule has 0 aromatic carbocycles. The Morgan fingerprint density at radius 1 is 1.36 bits per heavy atom. The zero-order valence-electron chi connectivity index (χ0n) is 15.6. The van der Waals surface area contributed by atoms with Gasteiger partial charge in [0.25, 0.3) is 0 Å². The second kappa shape index (κ2) is 7.28. The molecule has 6 nitrogen and oxygen atoms in total. The highest BCUT2D eigenvalue weighted by molar-refractivity contribution is 5.76. The number of methoxy groups -OCH3 is 1. The van der Waals surface area contributed by atoms with E-state index in [0.717, 1.165) is 55.7 Å². The Labute approximate surface area is 149 Å². The van der Waals surface area contributed by atoms with Crippen molar-refractivity contribution >= 4 is 5.91 Å². The van der Waals surface area contributed by atoms with Crippen molar-refractivity contribution < 1.29 is 9.53 Å². The van der Waals surface area contributed by atoms with Crippen LogP contribution in [0, 0.1) is 19.3 Å². The molecule has 1 aliphatic carbocycles. The van der Waals surface area contributed by atoms with Crippen LogP contribution in [0.25, 0.3) is 0 Å². The van der Waals surface area contributed by atoms with Crippen LogP contribution in [0.2, 0.25) is 0 Å². The molecule has 1 N–H and O–H groups in total. The molecule has 1 aromatic heterocycles. The van der Waals surface area contributed by atoms with Gasteiger partial charge in [-0.25, -0.2) is 4.79 Å². The number of nitrogens with one attached hydrogen (secondary N) is 1. The number of piperidine rings is 1. The highest BCUT2D eigenvalue weighted by Gasteiger charge is 2.46. The third kappa shape index (κ3) is 3.64. The van der Waals surface area contributed by atoms with Crippen LogP contribution in [0.4, 0.5) is 0 Å². The fraction of sp³-hybridized carbons (Fsp3) is 0.737. The summed E-state index contributed by atoms with van der Waals surface area (Å²) in [6, 6.07) is 0. The second-order valence-corrected chi connectivity index (χ2v) is 7.63. The maximum absolute atomic E-state index is 12.8. The second-order valence-electron chi connectivity index (χ2n) is 7.63. The van der Waals surface area contributed by atoms with E-state index in [1.165, 1.54) is 6.42 Å². The van der Waals surface area contributed by atoms with Crippen molar-refractivity contribution in [1.82, 2.24) is 14.9 Å². The number of aromatic amines is 1. The molecule has 6 heteroatoms. The van der Waals surface area contributed by atoms with Crippen LogP contribution in [-0.2, 0) is 16.0 Å². The number of aromatic nitrogens is 2. The summed E-state index contributed by atoms with van der Waals surface area (Å²) < 4.78 is 5.72. The number of amides is 1. The lowest BCUT2D eigenvalue weighted by atomic mass is 9.76. The molecule has 25 heavy (non-hydrogen) atoms. The van der Waals surface area contributed by atoms with Crippen LogP contribution in [0.1, 0.15) is 55.5 Å². The zero-order chi connectivity index (χ0) is 18.0. The van der Waals surface area contributed by atoms with E-state index in [1.807, 2.05) is 18.7 Å². The summed E-state index contributed by atoms with van der Waals surface area (Å²) in [7, 11) is 1.80. The van der Waals surface area contributed by atoms with Crippen LogP contribution in [-0.4, -0.2) is 47.1 Å². The molecule has 2 aliphatic rings. The van der Waals surface area contributed by atoms with Crippen LogP contribution >= 0.6 is 0 Å². The van der Waals surface area contributed by atoms with Crippen molar-refractivity contribution in [2.75, 3.05) is 20.2 Å². The maximum Gasteiger partial charge on any atom is 0.345 e. The Bertz CT molecular complexity index is 673. The summed E-state index contributed by atoms with van der Waals surface area (Å²) in [4.78, 5) is 32.9. The smallest absolute Gasteiger partial charge is 0.345 e. The zero-order valence-corrected chi connectivity index (χ0v) is 15.6. The van der Waals surface area contributed by atoms with Crippen molar-refractivity contribution in [3.05, 3.63) is 27.4 Å². The van der Waals surface area contributed by atoms with Gasteiger partial charge in [0.05, 0.1) is 6.10 Å². The Hall–Kier alpha value is -1.69. The lowest BCUT2D eigenvalue weighted by molar-refractivity contribution is -0.137. The van der Waals surface area contributed by atoms with Gasteiger partial charge in [-0.3, -0.25) is 4.79 Å². The molecule has 1 saturated heterocycles. The Balaban J connectivity index is 1.65. The van der Waals surface area contributed by atoms with E-state index in [2.05, 4.69) is 9.97 Å². The van der Waals surface area contributed by atoms with E-state index < -0.39 is 0 Å². The summed E-state index contributed by atoms with van der Waals surface area (Å²) in [5.41, 5.74) is 2.36. The maximum atomic E-state index is 12.8. The molecular weight excluding hydrogens is 318 g/mol. The first-order valence-corrected chi connectivity index (χ1v) is 9.32. The molecule has 2 atom stereocenters. The molecule has 138 valence electrons. The summed E-state index contributed by atoms with van der Waals surface area (Å²) in [6.45, 7) is 5.37. The average Bonchev–Trinajstić information content (AvgIpc) is 2.95. The minimum absolute atomic E-state index is 0.161. The van der Waals surface area contributed by atoms with Gasteiger partial charge in [0, 0.05) is 43.4 Å². The van der Waals surface area contributed by atoms with Gasteiger partial charge in [-0.05, 0) is 51.5 Å². The van der Waals surface area contributed by atoms with E-state index >= 15 is 0 Å². The number of hydrogen-bond acceptors (Lipinski definition) is 4. The number of aryl methyl sites for hydroxylation is 2. The quantitative estimate of drug-likeness (QED) is 0.905. The molecule has 1 aliphatic heterocycles. The van der Waals surface area contributed by atoms with E-state index in [4.69, 9.17) is 4.74 Å². The number of carbonyl (C=O) groups excluding carboxylic acids is 1. The lowest BCUT2D eigenvalue weighted by Gasteiger charge is -2.43. The monoisotopic (exact) mass is 347 g/mol. The van der Waals surface area contributed by atoms with Crippen molar-refractivity contribution in [3.63, 3.8) is 0 Å². The van der Waals surface area contributed by atoms with Gasteiger partial charge in [0.2, 0.25) is 5.91 Å². The Kier molecular flexibility index (Phi) is 5.27. The number of carbonyl (C=O) groups is 1. The highest BCUT2D eigenvalue weighted by atomic mass is 16.5. The van der Waals surface area contributed by atoms with Gasteiger partial charge in [0.1, 0.15) is 0 Å². The standard InChI is InChI=1S/C19H29N3O3/c1-13-15(14(2)21-18(24)20-13)7-8-17(23)22-11-5-10-19(12-22)9-4-6-16(19)25-3/h16H,4-12H2,1-3H3,(H,20,21,24)/t16-,19+/m1/s1. The van der Waals surface area contributed by atoms with E-state index in [0.29, 0.717) is 12.8 Å². The van der Waals surface area contributed by atoms with Gasteiger partial charge < -0.3 is 14.6 Å². The molecule has 0 unspecified atom stereocenters. The lowest BCUT2D eigenvalue weighted by Crippen LogP contribution is -2.49. The number of likely N-dealkylation sites (tertiary alicyclic amines) is 1. The van der Waals surface area contributed by atoms with Crippen LogP contribution in [0.5, 0.6) is 0 Å². The van der Waals surface area contributed by atoms with Crippen molar-refractivity contribution in [1.29, 1.82) is 0 Å². The largest absolute Gasteiger partial charge is 0.381 e. The molecule has 1 aromatic rings. The molecule has 3 rings (SSSR count). The minimum atomic E-state index is -0.324. The molecule has 2 fully saturated rings. The number of H-pyrrole nitrogens is 1. The SMILES string of the molecule is CO[C@@H]1CCC[C@@]12CCCN(C(=O)CCc1c(C)nc(=O)[nH]c1C)C2. The first-order chi connectivity index (χ1) is 11.9. The first kappa shape index (κ1) is 18.1. The summed E-state index contributed by atoms with van der Waals surface area (Å²) >= 11 is 0. The Morgan fingerprint density at radius 3 is 2.84 bits per heavy atom. The number of nitrogens with zero attached hydrogens (tertiary/aromatic N) is 2. The van der Waals surface area contributed by atoms with Crippen molar-refractivity contribution in [2.24, 2.45) is 5.41 Å². The van der Waals surface area contributed by atoms with Crippen LogP contribution < -0.4 is 5.69 Å². The normalized spacial score (nSPS) is 26.4. The van der Waals surface area contributed by atoms with Gasteiger partial charge in [-0.1, -0.05) is 6.42 Å². The highest BCUT2D eigenvalue weighted by Crippen LogP contribution is 2.46. The average molecular weight is 347 g/mol. The van der Waals surface area contributed by atoms with Gasteiger partial charge in [-0.15, -0.1) is 0 Å². The molecule has 0 radical (unpaired) electrons. The molecule has 1 saturated carbocycles. The minimum Gasteiger partial charge on any atom is -0.381 e. The third-order valence-corrected chi connectivity index (χ3v) is 6.11. The van der Waals surface area contributed by atoms with Crippen molar-refractivity contribution in [2.45, 2.75) is 64.9 Å². The van der Waals surface area contributed by atoms with Crippen LogP contribution in [0.3, 0.4) is 0 Å². The molecular formula is C19H29N3O3. The van der Waals surface area contributed by atoms with Gasteiger partial charge in [0.15, 0.2) is 0 Å². The number of rotatable bonds is 4. The van der Waals surface area contributed by atoms with Gasteiger partial charge >= 0.3 is 5.69 Å². The fourth-order valence-corrected chi connectivity index (χ4v) is 4.83. The summed E-state index contributed by atoms with van der Waals surface area (Å²) in [6.07, 6.45) is 7.07. The topological polar surface area (TPSA) is 75.3 Å². The molecule has 2 heterocycles.